The van der Waals surface area contributed by atoms with Gasteiger partial charge in [-0.2, -0.15) is 4.98 Å². The van der Waals surface area contributed by atoms with Gasteiger partial charge in [-0.1, -0.05) is 10.3 Å². The van der Waals surface area contributed by atoms with Crippen LogP contribution in [0.3, 0.4) is 0 Å². The van der Waals surface area contributed by atoms with E-state index in [1.54, 1.807) is 19.2 Å². The Hall–Kier alpha value is -1.85. The Labute approximate surface area is 73.9 Å². The van der Waals surface area contributed by atoms with Gasteiger partial charge in [-0.05, 0) is 6.92 Å². The highest BCUT2D eigenvalue weighted by Crippen LogP contribution is 2.05. The van der Waals surface area contributed by atoms with Crippen LogP contribution in [-0.4, -0.2) is 15.3 Å². The summed E-state index contributed by atoms with van der Waals surface area (Å²) in [6, 6.07) is 2.14. The van der Waals surface area contributed by atoms with Gasteiger partial charge in [0.15, 0.2) is 11.6 Å². The summed E-state index contributed by atoms with van der Waals surface area (Å²) in [5.41, 5.74) is 0. The molecular formula is C7H8N4O2. The van der Waals surface area contributed by atoms with E-state index in [2.05, 4.69) is 20.6 Å². The van der Waals surface area contributed by atoms with Gasteiger partial charge in [-0.15, -0.1) is 0 Å². The Bertz CT molecular complexity index is 368. The molecule has 0 amide bonds. The SMILES string of the molecule is Cc1noc(NCc2ccno2)n1. The minimum Gasteiger partial charge on any atom is -0.360 e. The zero-order valence-electron chi connectivity index (χ0n) is 7.02. The van der Waals surface area contributed by atoms with Crippen molar-refractivity contribution in [2.24, 2.45) is 0 Å². The number of aromatic nitrogens is 3. The van der Waals surface area contributed by atoms with Gasteiger partial charge in [-0.3, -0.25) is 0 Å². The molecule has 2 heterocycles. The summed E-state index contributed by atoms with van der Waals surface area (Å²) >= 11 is 0. The first kappa shape index (κ1) is 7.78. The lowest BCUT2D eigenvalue weighted by atomic mass is 10.5. The minimum absolute atomic E-state index is 0.383. The van der Waals surface area contributed by atoms with Crippen molar-refractivity contribution in [2.45, 2.75) is 13.5 Å². The molecule has 68 valence electrons. The van der Waals surface area contributed by atoms with Crippen LogP contribution in [0.4, 0.5) is 6.01 Å². The summed E-state index contributed by atoms with van der Waals surface area (Å²) in [5.74, 6) is 1.32. The molecule has 0 spiro atoms. The molecular weight excluding hydrogens is 172 g/mol. The first-order chi connectivity index (χ1) is 6.34. The van der Waals surface area contributed by atoms with E-state index in [1.807, 2.05) is 0 Å². The Kier molecular flexibility index (Phi) is 1.95. The van der Waals surface area contributed by atoms with Crippen molar-refractivity contribution in [3.05, 3.63) is 23.8 Å². The van der Waals surface area contributed by atoms with Gasteiger partial charge in [-0.25, -0.2) is 0 Å². The van der Waals surface area contributed by atoms with Crippen molar-refractivity contribution in [3.8, 4) is 0 Å². The Morgan fingerprint density at radius 1 is 1.46 bits per heavy atom. The van der Waals surface area contributed by atoms with E-state index in [0.717, 1.165) is 5.76 Å². The molecule has 13 heavy (non-hydrogen) atoms. The first-order valence-corrected chi connectivity index (χ1v) is 3.78. The van der Waals surface area contributed by atoms with Gasteiger partial charge in [0.25, 0.3) is 0 Å². The van der Waals surface area contributed by atoms with Gasteiger partial charge in [0.2, 0.25) is 0 Å². The second-order valence-corrected chi connectivity index (χ2v) is 2.48. The van der Waals surface area contributed by atoms with Gasteiger partial charge >= 0.3 is 6.01 Å². The molecule has 0 bridgehead atoms. The Morgan fingerprint density at radius 2 is 2.38 bits per heavy atom. The third kappa shape index (κ3) is 1.84. The van der Waals surface area contributed by atoms with E-state index in [0.29, 0.717) is 18.4 Å². The lowest BCUT2D eigenvalue weighted by molar-refractivity contribution is 0.383. The van der Waals surface area contributed by atoms with E-state index in [1.165, 1.54) is 0 Å². The van der Waals surface area contributed by atoms with Gasteiger partial charge in [0, 0.05) is 6.07 Å². The monoisotopic (exact) mass is 180 g/mol. The van der Waals surface area contributed by atoms with Crippen molar-refractivity contribution < 1.29 is 9.05 Å². The molecule has 0 unspecified atom stereocenters. The van der Waals surface area contributed by atoms with Crippen LogP contribution in [0.25, 0.3) is 0 Å². The predicted octanol–water partition coefficient (Wildman–Crippen LogP) is 0.978. The topological polar surface area (TPSA) is 77.0 Å². The molecule has 6 nitrogen and oxygen atoms in total. The molecule has 2 rings (SSSR count). The third-order valence-electron chi connectivity index (χ3n) is 1.43. The molecule has 0 saturated carbocycles. The summed E-state index contributed by atoms with van der Waals surface area (Å²) in [6.45, 7) is 2.24. The van der Waals surface area contributed by atoms with E-state index >= 15 is 0 Å². The molecule has 0 radical (unpaired) electrons. The Balaban J connectivity index is 1.93. The molecule has 0 fully saturated rings. The minimum atomic E-state index is 0.383. The smallest absolute Gasteiger partial charge is 0.321 e. The Morgan fingerprint density at radius 3 is 3.00 bits per heavy atom. The summed E-state index contributed by atoms with van der Waals surface area (Å²) < 4.78 is 9.69. The maximum absolute atomic E-state index is 4.86. The fraction of sp³-hybridized carbons (Fsp3) is 0.286. The van der Waals surface area contributed by atoms with Crippen LogP contribution in [0, 0.1) is 6.92 Å². The predicted molar refractivity (Wildman–Crippen MR) is 42.9 cm³/mol. The number of nitrogens with zero attached hydrogens (tertiary/aromatic N) is 3. The number of rotatable bonds is 3. The number of hydrogen-bond acceptors (Lipinski definition) is 6. The van der Waals surface area contributed by atoms with Crippen LogP contribution in [-0.2, 0) is 6.54 Å². The van der Waals surface area contributed by atoms with Crippen LogP contribution >= 0.6 is 0 Å². The summed E-state index contributed by atoms with van der Waals surface area (Å²) in [4.78, 5) is 3.96. The normalized spacial score (nSPS) is 10.2. The maximum atomic E-state index is 4.86. The van der Waals surface area contributed by atoms with E-state index in [4.69, 9.17) is 9.05 Å². The van der Waals surface area contributed by atoms with Crippen LogP contribution in [0.1, 0.15) is 11.6 Å². The zero-order valence-corrected chi connectivity index (χ0v) is 7.02. The fourth-order valence-electron chi connectivity index (χ4n) is 0.865. The number of aryl methyl sites for hydroxylation is 1. The van der Waals surface area contributed by atoms with Gasteiger partial charge in [0.1, 0.15) is 0 Å². The highest BCUT2D eigenvalue weighted by molar-refractivity contribution is 5.18. The van der Waals surface area contributed by atoms with E-state index < -0.39 is 0 Å². The van der Waals surface area contributed by atoms with Crippen molar-refractivity contribution in [1.29, 1.82) is 0 Å². The lowest BCUT2D eigenvalue weighted by Crippen LogP contribution is -1.97. The van der Waals surface area contributed by atoms with Crippen LogP contribution in [0.5, 0.6) is 0 Å². The first-order valence-electron chi connectivity index (χ1n) is 3.78. The molecule has 0 aliphatic rings. The van der Waals surface area contributed by atoms with Crippen LogP contribution < -0.4 is 5.32 Å². The molecule has 0 aliphatic carbocycles. The zero-order chi connectivity index (χ0) is 9.10. The summed E-state index contributed by atoms with van der Waals surface area (Å²) in [5, 5.41) is 10.1. The second-order valence-electron chi connectivity index (χ2n) is 2.48. The van der Waals surface area contributed by atoms with E-state index in [9.17, 15) is 0 Å². The summed E-state index contributed by atoms with van der Waals surface area (Å²) in [7, 11) is 0. The van der Waals surface area contributed by atoms with Gasteiger partial charge < -0.3 is 14.4 Å². The third-order valence-corrected chi connectivity index (χ3v) is 1.43. The summed E-state index contributed by atoms with van der Waals surface area (Å²) in [6.07, 6.45) is 1.58. The van der Waals surface area contributed by atoms with Crippen molar-refractivity contribution in [1.82, 2.24) is 15.3 Å². The molecule has 2 aromatic rings. The fourth-order valence-corrected chi connectivity index (χ4v) is 0.865. The highest BCUT2D eigenvalue weighted by Gasteiger charge is 2.02. The molecule has 0 atom stereocenters. The largest absolute Gasteiger partial charge is 0.360 e. The molecule has 2 aromatic heterocycles. The maximum Gasteiger partial charge on any atom is 0.321 e. The van der Waals surface area contributed by atoms with Gasteiger partial charge in [0.05, 0.1) is 12.7 Å². The van der Waals surface area contributed by atoms with E-state index in [-0.39, 0.29) is 0 Å². The van der Waals surface area contributed by atoms with Crippen molar-refractivity contribution in [2.75, 3.05) is 5.32 Å². The average molecular weight is 180 g/mol. The molecule has 0 saturated heterocycles. The second kappa shape index (κ2) is 3.26. The quantitative estimate of drug-likeness (QED) is 0.758. The number of anilines is 1. The highest BCUT2D eigenvalue weighted by atomic mass is 16.5. The van der Waals surface area contributed by atoms with Crippen LogP contribution in [0.2, 0.25) is 0 Å². The molecule has 1 N–H and O–H groups in total. The standard InChI is InChI=1S/C7H8N4O2/c1-5-10-7(13-11-5)8-4-6-2-3-9-12-6/h2-3H,4H2,1H3,(H,8,10,11). The molecule has 6 heteroatoms. The molecule has 0 aromatic carbocycles. The number of hydrogen-bond donors (Lipinski definition) is 1. The lowest BCUT2D eigenvalue weighted by Gasteiger charge is -1.94. The molecule has 0 aliphatic heterocycles. The van der Waals surface area contributed by atoms with Crippen molar-refractivity contribution >= 4 is 6.01 Å². The van der Waals surface area contributed by atoms with Crippen molar-refractivity contribution in [3.63, 3.8) is 0 Å². The van der Waals surface area contributed by atoms with Crippen LogP contribution in [0.15, 0.2) is 21.3 Å². The average Bonchev–Trinajstić information content (AvgIpc) is 2.71. The number of nitrogens with one attached hydrogen (secondary N) is 1.